The Kier molecular flexibility index (Phi) is 2.33. The van der Waals surface area contributed by atoms with E-state index in [1.54, 1.807) is 0 Å². The average Bonchev–Trinajstić information content (AvgIpc) is 2.40. The Hall–Kier alpha value is -1.60. The maximum Gasteiger partial charge on any atom is 0.166 e. The van der Waals surface area contributed by atoms with E-state index in [9.17, 15) is 4.79 Å². The Balaban J connectivity index is 1.82. The maximum absolute atomic E-state index is 12.5. The summed E-state index contributed by atoms with van der Waals surface area (Å²) in [6.45, 7) is 0. The molecule has 3 aliphatic rings. The van der Waals surface area contributed by atoms with E-state index in [0.717, 1.165) is 12.0 Å². The first kappa shape index (κ1) is 11.2. The van der Waals surface area contributed by atoms with Gasteiger partial charge in [-0.05, 0) is 35.6 Å². The van der Waals surface area contributed by atoms with Crippen LogP contribution in [-0.4, -0.2) is 5.78 Å². The normalized spacial score (nSPS) is 27.6. The molecule has 0 saturated heterocycles. The van der Waals surface area contributed by atoms with Gasteiger partial charge in [0.1, 0.15) is 0 Å². The molecule has 1 fully saturated rings. The molecule has 0 radical (unpaired) electrons. The highest BCUT2D eigenvalue weighted by atomic mass is 35.5. The first-order valence-corrected chi connectivity index (χ1v) is 7.02. The van der Waals surface area contributed by atoms with Crippen LogP contribution in [0.3, 0.4) is 0 Å². The molecule has 5 rings (SSSR count). The molecule has 3 atom stereocenters. The zero-order chi connectivity index (χ0) is 13.0. The number of hydrogen-bond donors (Lipinski definition) is 0. The van der Waals surface area contributed by atoms with Crippen molar-refractivity contribution in [1.82, 2.24) is 0 Å². The standard InChI is InChI=1S/C17H13ClO/c18-11-6-7-12-13-9-15(17(19)14(12)8-11)16(13)10-4-2-1-3-5-10/h1-8,13,15-16H,9H2. The summed E-state index contributed by atoms with van der Waals surface area (Å²) in [7, 11) is 0. The quantitative estimate of drug-likeness (QED) is 0.748. The summed E-state index contributed by atoms with van der Waals surface area (Å²) in [5, 5.41) is 0.657. The van der Waals surface area contributed by atoms with Crippen LogP contribution < -0.4 is 0 Å². The predicted octanol–water partition coefficient (Wildman–Crippen LogP) is 4.42. The highest BCUT2D eigenvalue weighted by Crippen LogP contribution is 2.59. The highest BCUT2D eigenvalue weighted by Gasteiger charge is 2.51. The molecule has 2 bridgehead atoms. The Morgan fingerprint density at radius 1 is 1.00 bits per heavy atom. The van der Waals surface area contributed by atoms with E-state index in [4.69, 9.17) is 11.6 Å². The minimum Gasteiger partial charge on any atom is -0.294 e. The Labute approximate surface area is 117 Å². The van der Waals surface area contributed by atoms with Crippen LogP contribution in [0.15, 0.2) is 48.5 Å². The second-order valence-electron chi connectivity index (χ2n) is 5.48. The van der Waals surface area contributed by atoms with Gasteiger partial charge >= 0.3 is 0 Å². The van der Waals surface area contributed by atoms with Crippen LogP contribution in [0.1, 0.15) is 39.7 Å². The van der Waals surface area contributed by atoms with Crippen LogP contribution in [0.5, 0.6) is 0 Å². The third kappa shape index (κ3) is 1.51. The van der Waals surface area contributed by atoms with Crippen LogP contribution in [0.2, 0.25) is 5.02 Å². The third-order valence-electron chi connectivity index (χ3n) is 4.58. The number of hydrogen-bond acceptors (Lipinski definition) is 1. The second-order valence-corrected chi connectivity index (χ2v) is 5.92. The highest BCUT2D eigenvalue weighted by molar-refractivity contribution is 6.31. The van der Waals surface area contributed by atoms with Crippen molar-refractivity contribution in [2.75, 3.05) is 0 Å². The molecule has 0 aromatic heterocycles. The van der Waals surface area contributed by atoms with Crippen LogP contribution in [0.4, 0.5) is 0 Å². The molecule has 0 spiro atoms. The summed E-state index contributed by atoms with van der Waals surface area (Å²) < 4.78 is 0. The molecule has 19 heavy (non-hydrogen) atoms. The summed E-state index contributed by atoms with van der Waals surface area (Å²) in [6.07, 6.45) is 0.993. The molecule has 2 heteroatoms. The second kappa shape index (κ2) is 3.94. The lowest BCUT2D eigenvalue weighted by Gasteiger charge is -2.49. The zero-order valence-electron chi connectivity index (χ0n) is 10.3. The van der Waals surface area contributed by atoms with Gasteiger partial charge in [-0.1, -0.05) is 48.0 Å². The van der Waals surface area contributed by atoms with Crippen molar-refractivity contribution in [3.63, 3.8) is 0 Å². The fraction of sp³-hybridized carbons (Fsp3) is 0.235. The van der Waals surface area contributed by atoms with Crippen molar-refractivity contribution >= 4 is 17.4 Å². The molecule has 1 nitrogen and oxygen atoms in total. The molecule has 0 aliphatic heterocycles. The van der Waals surface area contributed by atoms with Gasteiger partial charge in [-0.2, -0.15) is 0 Å². The minimum absolute atomic E-state index is 0.151. The van der Waals surface area contributed by atoms with E-state index in [1.807, 2.05) is 24.3 Å². The van der Waals surface area contributed by atoms with Crippen molar-refractivity contribution in [1.29, 1.82) is 0 Å². The Bertz CT molecular complexity index is 662. The molecule has 0 amide bonds. The number of carbonyl (C=O) groups is 1. The summed E-state index contributed by atoms with van der Waals surface area (Å²) in [4.78, 5) is 12.5. The molecular formula is C17H13ClO. The molecule has 3 aliphatic carbocycles. The van der Waals surface area contributed by atoms with E-state index in [1.165, 1.54) is 11.1 Å². The minimum atomic E-state index is 0.151. The van der Waals surface area contributed by atoms with E-state index >= 15 is 0 Å². The van der Waals surface area contributed by atoms with Gasteiger partial charge in [-0.25, -0.2) is 0 Å². The van der Waals surface area contributed by atoms with E-state index in [0.29, 0.717) is 16.9 Å². The van der Waals surface area contributed by atoms with Gasteiger partial charge in [0.15, 0.2) is 5.78 Å². The summed E-state index contributed by atoms with van der Waals surface area (Å²) in [6, 6.07) is 16.2. The van der Waals surface area contributed by atoms with Crippen LogP contribution >= 0.6 is 11.6 Å². The van der Waals surface area contributed by atoms with Crippen molar-refractivity contribution in [3.8, 4) is 0 Å². The number of rotatable bonds is 1. The van der Waals surface area contributed by atoms with Crippen LogP contribution in [0.25, 0.3) is 0 Å². The van der Waals surface area contributed by atoms with Gasteiger partial charge in [0, 0.05) is 22.4 Å². The molecule has 0 N–H and O–H groups in total. The molecule has 1 saturated carbocycles. The van der Waals surface area contributed by atoms with Gasteiger partial charge in [0.05, 0.1) is 0 Å². The van der Waals surface area contributed by atoms with Crippen molar-refractivity contribution in [2.45, 2.75) is 18.3 Å². The fourth-order valence-corrected chi connectivity index (χ4v) is 3.82. The van der Waals surface area contributed by atoms with Crippen LogP contribution in [-0.2, 0) is 0 Å². The lowest BCUT2D eigenvalue weighted by Crippen LogP contribution is -2.43. The maximum atomic E-state index is 12.5. The summed E-state index contributed by atoms with van der Waals surface area (Å²) >= 11 is 6.01. The number of halogens is 1. The van der Waals surface area contributed by atoms with Crippen molar-refractivity contribution in [3.05, 3.63) is 70.2 Å². The number of carbonyl (C=O) groups excluding carboxylic acids is 1. The van der Waals surface area contributed by atoms with Gasteiger partial charge in [0.2, 0.25) is 0 Å². The SMILES string of the molecule is O=C1c2cc(Cl)ccc2C2CC1C2c1ccccc1. The molecule has 0 heterocycles. The van der Waals surface area contributed by atoms with Gasteiger partial charge in [-0.15, -0.1) is 0 Å². The number of ketones is 1. The van der Waals surface area contributed by atoms with Crippen molar-refractivity contribution < 1.29 is 4.79 Å². The largest absolute Gasteiger partial charge is 0.294 e. The van der Waals surface area contributed by atoms with E-state index in [-0.39, 0.29) is 11.7 Å². The number of Topliss-reactive ketones (excluding diaryl/α,β-unsaturated/α-hetero) is 1. The third-order valence-corrected chi connectivity index (χ3v) is 4.81. The average molecular weight is 269 g/mol. The Morgan fingerprint density at radius 2 is 1.79 bits per heavy atom. The molecule has 3 unspecified atom stereocenters. The topological polar surface area (TPSA) is 17.1 Å². The van der Waals surface area contributed by atoms with Crippen molar-refractivity contribution in [2.24, 2.45) is 5.92 Å². The molecular weight excluding hydrogens is 256 g/mol. The smallest absolute Gasteiger partial charge is 0.166 e. The first-order chi connectivity index (χ1) is 9.25. The lowest BCUT2D eigenvalue weighted by molar-refractivity contribution is 0.0734. The number of benzene rings is 2. The summed E-state index contributed by atoms with van der Waals surface area (Å²) in [5.41, 5.74) is 3.32. The van der Waals surface area contributed by atoms with E-state index in [2.05, 4.69) is 24.3 Å². The lowest BCUT2D eigenvalue weighted by atomic mass is 9.53. The molecule has 2 aromatic rings. The van der Waals surface area contributed by atoms with E-state index < -0.39 is 0 Å². The Morgan fingerprint density at radius 3 is 2.58 bits per heavy atom. The van der Waals surface area contributed by atoms with Gasteiger partial charge in [-0.3, -0.25) is 4.79 Å². The fourth-order valence-electron chi connectivity index (χ4n) is 3.65. The molecule has 94 valence electrons. The zero-order valence-corrected chi connectivity index (χ0v) is 11.1. The predicted molar refractivity (Wildman–Crippen MR) is 75.8 cm³/mol. The van der Waals surface area contributed by atoms with Gasteiger partial charge < -0.3 is 0 Å². The molecule has 2 aromatic carbocycles. The van der Waals surface area contributed by atoms with Gasteiger partial charge in [0.25, 0.3) is 0 Å². The monoisotopic (exact) mass is 268 g/mol. The van der Waals surface area contributed by atoms with Crippen LogP contribution in [0, 0.1) is 5.92 Å². The summed E-state index contributed by atoms with van der Waals surface area (Å²) in [5.74, 6) is 1.27. The first-order valence-electron chi connectivity index (χ1n) is 6.64.